The van der Waals surface area contributed by atoms with Gasteiger partial charge in [-0.2, -0.15) is 0 Å². The first-order valence-electron chi connectivity index (χ1n) is 4.93. The van der Waals surface area contributed by atoms with E-state index in [9.17, 15) is 0 Å². The summed E-state index contributed by atoms with van der Waals surface area (Å²) in [6.45, 7) is 13.6. The Balaban J connectivity index is 4.88. The van der Waals surface area contributed by atoms with Gasteiger partial charge in [-0.1, -0.05) is 45.2 Å². The largest absolute Gasteiger partial charge is 0.504 e. The smallest absolute Gasteiger partial charge is 0.129 e. The summed E-state index contributed by atoms with van der Waals surface area (Å²) in [5.41, 5.74) is 3.39. The predicted molar refractivity (Wildman–Crippen MR) is 69.6 cm³/mol. The molecule has 0 aliphatic rings. The first-order valence-corrected chi connectivity index (χ1v) is 11.9. The van der Waals surface area contributed by atoms with Gasteiger partial charge < -0.3 is 4.74 Å². The number of hydrogen-bond acceptors (Lipinski definition) is 1. The summed E-state index contributed by atoms with van der Waals surface area (Å²) in [4.78, 5) is 0. The molecule has 14 heavy (non-hydrogen) atoms. The third kappa shape index (κ3) is 6.06. The number of hydrogen-bond donors (Lipinski definition) is 0. The zero-order valence-electron chi connectivity index (χ0n) is 10.5. The van der Waals surface area contributed by atoms with Crippen LogP contribution in [0, 0.1) is 11.5 Å². The van der Waals surface area contributed by atoms with Gasteiger partial charge in [0.25, 0.3) is 0 Å². The highest BCUT2D eigenvalue weighted by molar-refractivity contribution is 6.86. The summed E-state index contributed by atoms with van der Waals surface area (Å²) in [6.07, 6.45) is 1.82. The normalized spacial score (nSPS) is 13.2. The number of methoxy groups -OCH3 is 1. The van der Waals surface area contributed by atoms with Crippen molar-refractivity contribution in [2.75, 3.05) is 7.11 Å². The molecule has 0 fully saturated rings. The van der Waals surface area contributed by atoms with Gasteiger partial charge in [-0.15, -0.1) is 5.54 Å². The molecule has 0 aromatic rings. The second kappa shape index (κ2) is 4.85. The van der Waals surface area contributed by atoms with Crippen LogP contribution in [-0.4, -0.2) is 23.3 Å². The van der Waals surface area contributed by atoms with E-state index >= 15 is 0 Å². The van der Waals surface area contributed by atoms with E-state index in [4.69, 9.17) is 4.74 Å². The van der Waals surface area contributed by atoms with Gasteiger partial charge in [0, 0.05) is 5.20 Å². The lowest BCUT2D eigenvalue weighted by molar-refractivity contribution is 0.337. The van der Waals surface area contributed by atoms with Crippen LogP contribution in [-0.2, 0) is 4.74 Å². The van der Waals surface area contributed by atoms with Crippen LogP contribution in [0.15, 0.2) is 11.5 Å². The van der Waals surface area contributed by atoms with E-state index in [1.807, 2.05) is 6.26 Å². The summed E-state index contributed by atoms with van der Waals surface area (Å²) in [5, 5.41) is 1.21. The summed E-state index contributed by atoms with van der Waals surface area (Å²) >= 11 is 0. The Morgan fingerprint density at radius 1 is 1.07 bits per heavy atom. The summed E-state index contributed by atoms with van der Waals surface area (Å²) < 4.78 is 5.08. The lowest BCUT2D eigenvalue weighted by Crippen LogP contribution is -2.24. The lowest BCUT2D eigenvalue weighted by atomic mass is 10.6. The molecular weight excluding hydrogens is 204 g/mol. The molecule has 3 heteroatoms. The van der Waals surface area contributed by atoms with Crippen LogP contribution in [0.1, 0.15) is 0 Å². The van der Waals surface area contributed by atoms with Crippen molar-refractivity contribution in [3.8, 4) is 11.5 Å². The third-order valence-electron chi connectivity index (χ3n) is 1.62. The van der Waals surface area contributed by atoms with Crippen LogP contribution >= 0.6 is 0 Å². The molecule has 0 saturated carbocycles. The van der Waals surface area contributed by atoms with Gasteiger partial charge in [0.1, 0.15) is 8.07 Å². The molecule has 0 aromatic heterocycles. The molecule has 0 bridgehead atoms. The van der Waals surface area contributed by atoms with E-state index in [2.05, 4.69) is 50.7 Å². The molecule has 0 amide bonds. The fourth-order valence-electron chi connectivity index (χ4n) is 0.766. The molecule has 0 unspecified atom stereocenters. The second-order valence-electron chi connectivity index (χ2n) is 5.52. The Morgan fingerprint density at radius 2 is 1.57 bits per heavy atom. The number of ether oxygens (including phenoxy) is 1. The maximum Gasteiger partial charge on any atom is 0.129 e. The molecule has 80 valence electrons. The zero-order chi connectivity index (χ0) is 11.4. The molecule has 0 N–H and O–H groups in total. The van der Waals surface area contributed by atoms with E-state index in [1.54, 1.807) is 7.11 Å². The number of allylic oxidation sites excluding steroid dienone is 1. The Kier molecular flexibility index (Phi) is 4.69. The second-order valence-corrected chi connectivity index (χ2v) is 15.3. The van der Waals surface area contributed by atoms with Crippen LogP contribution in [0.4, 0.5) is 0 Å². The van der Waals surface area contributed by atoms with Gasteiger partial charge >= 0.3 is 0 Å². The Morgan fingerprint density at radius 3 is 1.86 bits per heavy atom. The minimum absolute atomic E-state index is 1.21. The molecule has 0 aliphatic heterocycles. The maximum atomic E-state index is 5.08. The van der Waals surface area contributed by atoms with E-state index in [0.717, 1.165) is 0 Å². The molecule has 0 aromatic carbocycles. The quantitative estimate of drug-likeness (QED) is 0.399. The van der Waals surface area contributed by atoms with E-state index in [0.29, 0.717) is 0 Å². The van der Waals surface area contributed by atoms with Crippen molar-refractivity contribution in [2.24, 2.45) is 0 Å². The van der Waals surface area contributed by atoms with Gasteiger partial charge in [0.2, 0.25) is 0 Å². The van der Waals surface area contributed by atoms with Crippen LogP contribution in [0.25, 0.3) is 0 Å². The van der Waals surface area contributed by atoms with E-state index in [1.165, 1.54) is 5.20 Å². The molecule has 0 saturated heterocycles. The van der Waals surface area contributed by atoms with Crippen molar-refractivity contribution >= 4 is 16.1 Å². The molecular formula is C11H22OSi2. The first kappa shape index (κ1) is 13.5. The molecule has 0 atom stereocenters. The summed E-state index contributed by atoms with van der Waals surface area (Å²) in [5.74, 6) is 3.31. The van der Waals surface area contributed by atoms with Crippen LogP contribution in [0.5, 0.6) is 0 Å². The summed E-state index contributed by atoms with van der Waals surface area (Å²) in [6, 6.07) is 0. The molecule has 0 rings (SSSR count). The van der Waals surface area contributed by atoms with Crippen molar-refractivity contribution in [3.05, 3.63) is 11.5 Å². The van der Waals surface area contributed by atoms with E-state index in [-0.39, 0.29) is 0 Å². The molecule has 0 heterocycles. The fraction of sp³-hybridized carbons (Fsp3) is 0.636. The minimum atomic E-state index is -1.32. The van der Waals surface area contributed by atoms with Crippen LogP contribution in [0.2, 0.25) is 39.3 Å². The fourth-order valence-corrected chi connectivity index (χ4v) is 2.31. The SMILES string of the molecule is CO/C=C(\C#C[Si](C)(C)C)[Si](C)(C)C. The zero-order valence-corrected chi connectivity index (χ0v) is 12.5. The first-order chi connectivity index (χ1) is 6.17. The van der Waals surface area contributed by atoms with Gasteiger partial charge in [-0.05, 0) is 0 Å². The van der Waals surface area contributed by atoms with E-state index < -0.39 is 16.1 Å². The highest BCUT2D eigenvalue weighted by Crippen LogP contribution is 2.13. The van der Waals surface area contributed by atoms with Crippen LogP contribution < -0.4 is 0 Å². The van der Waals surface area contributed by atoms with Crippen molar-refractivity contribution in [3.63, 3.8) is 0 Å². The van der Waals surface area contributed by atoms with Gasteiger partial charge in [0.05, 0.1) is 21.4 Å². The summed E-state index contributed by atoms with van der Waals surface area (Å²) in [7, 11) is -0.895. The predicted octanol–water partition coefficient (Wildman–Crippen LogP) is 3.27. The topological polar surface area (TPSA) is 9.23 Å². The molecule has 1 nitrogen and oxygen atoms in total. The average molecular weight is 226 g/mol. The molecule has 0 spiro atoms. The Hall–Kier alpha value is -0.466. The van der Waals surface area contributed by atoms with Crippen molar-refractivity contribution in [1.82, 2.24) is 0 Å². The molecule has 0 aliphatic carbocycles. The van der Waals surface area contributed by atoms with Gasteiger partial charge in [-0.25, -0.2) is 0 Å². The van der Waals surface area contributed by atoms with Crippen molar-refractivity contribution in [1.29, 1.82) is 0 Å². The van der Waals surface area contributed by atoms with Crippen molar-refractivity contribution in [2.45, 2.75) is 39.3 Å². The van der Waals surface area contributed by atoms with Crippen LogP contribution in [0.3, 0.4) is 0 Å². The highest BCUT2D eigenvalue weighted by atomic mass is 28.3. The van der Waals surface area contributed by atoms with Gasteiger partial charge in [-0.3, -0.25) is 0 Å². The Labute approximate surface area is 90.6 Å². The lowest BCUT2D eigenvalue weighted by Gasteiger charge is -2.15. The average Bonchev–Trinajstić information content (AvgIpc) is 1.93. The Bertz CT molecular complexity index is 268. The maximum absolute atomic E-state index is 5.08. The standard InChI is InChI=1S/C11H22OSi2/c1-12-10-11(14(5,6)7)8-9-13(2,3)4/h10H,1-7H3/b11-10+. The highest BCUT2D eigenvalue weighted by Gasteiger charge is 2.19. The minimum Gasteiger partial charge on any atom is -0.504 e. The third-order valence-corrected chi connectivity index (χ3v) is 4.35. The number of rotatable bonds is 2. The van der Waals surface area contributed by atoms with Crippen molar-refractivity contribution < 1.29 is 4.74 Å². The van der Waals surface area contributed by atoms with Gasteiger partial charge in [0.15, 0.2) is 0 Å². The monoisotopic (exact) mass is 226 g/mol. The molecule has 0 radical (unpaired) electrons.